The summed E-state index contributed by atoms with van der Waals surface area (Å²) in [4.78, 5) is 28.7. The SMILES string of the molecule is C[C@@H](OC(=O)c1ccc(-c2nc3ccccc3s2)o1)C(=O)NC(C)(C)C. The number of thiazole rings is 1. The topological polar surface area (TPSA) is 81.4 Å². The Morgan fingerprint density at radius 3 is 2.62 bits per heavy atom. The Bertz CT molecular complexity index is 919. The van der Waals surface area contributed by atoms with Crippen LogP contribution in [0, 0.1) is 0 Å². The van der Waals surface area contributed by atoms with E-state index in [4.69, 9.17) is 9.15 Å². The molecule has 0 unspecified atom stereocenters. The molecule has 0 saturated heterocycles. The normalized spacial score (nSPS) is 12.8. The van der Waals surface area contributed by atoms with Crippen molar-refractivity contribution in [1.82, 2.24) is 10.3 Å². The number of benzene rings is 1. The number of hydrogen-bond donors (Lipinski definition) is 1. The molecule has 2 aromatic heterocycles. The number of fused-ring (bicyclic) bond motifs is 1. The molecule has 1 amide bonds. The average molecular weight is 372 g/mol. The molecule has 1 N–H and O–H groups in total. The van der Waals surface area contributed by atoms with Gasteiger partial charge in [0.1, 0.15) is 0 Å². The maximum atomic E-state index is 12.2. The van der Waals surface area contributed by atoms with E-state index in [0.717, 1.165) is 10.2 Å². The number of nitrogens with one attached hydrogen (secondary N) is 1. The number of nitrogens with zero attached hydrogens (tertiary/aromatic N) is 1. The van der Waals surface area contributed by atoms with Crippen LogP contribution in [0.5, 0.6) is 0 Å². The lowest BCUT2D eigenvalue weighted by Gasteiger charge is -2.22. The molecule has 26 heavy (non-hydrogen) atoms. The highest BCUT2D eigenvalue weighted by molar-refractivity contribution is 7.21. The lowest BCUT2D eigenvalue weighted by Crippen LogP contribution is -2.46. The maximum Gasteiger partial charge on any atom is 0.375 e. The van der Waals surface area contributed by atoms with Gasteiger partial charge in [0.2, 0.25) is 5.76 Å². The number of carbonyl (C=O) groups is 2. The number of hydrogen-bond acceptors (Lipinski definition) is 6. The minimum Gasteiger partial charge on any atom is -0.447 e. The summed E-state index contributed by atoms with van der Waals surface area (Å²) in [5.41, 5.74) is 0.475. The van der Waals surface area contributed by atoms with Gasteiger partial charge in [-0.05, 0) is 52.0 Å². The van der Waals surface area contributed by atoms with E-state index in [1.165, 1.54) is 24.3 Å². The highest BCUT2D eigenvalue weighted by Crippen LogP contribution is 2.31. The van der Waals surface area contributed by atoms with Crippen molar-refractivity contribution in [2.24, 2.45) is 0 Å². The van der Waals surface area contributed by atoms with Gasteiger partial charge in [0, 0.05) is 5.54 Å². The van der Waals surface area contributed by atoms with Crippen molar-refractivity contribution in [3.63, 3.8) is 0 Å². The number of aromatic nitrogens is 1. The fourth-order valence-electron chi connectivity index (χ4n) is 2.28. The molecule has 2 heterocycles. The van der Waals surface area contributed by atoms with Gasteiger partial charge in [0.25, 0.3) is 5.91 Å². The Morgan fingerprint density at radius 2 is 1.92 bits per heavy atom. The molecule has 0 spiro atoms. The lowest BCUT2D eigenvalue weighted by molar-refractivity contribution is -0.130. The molecule has 0 bridgehead atoms. The Kier molecular flexibility index (Phi) is 4.82. The minimum absolute atomic E-state index is 0.0367. The molecule has 0 aliphatic carbocycles. The molecule has 1 aromatic carbocycles. The standard InChI is InChI=1S/C19H20N2O4S/c1-11(16(22)21-19(2,3)4)24-18(23)14-10-9-13(25-14)17-20-12-7-5-6-8-15(12)26-17/h5-11H,1-4H3,(H,21,22)/t11-/m1/s1. The second-order valence-electron chi connectivity index (χ2n) is 6.94. The zero-order chi connectivity index (χ0) is 18.9. The van der Waals surface area contributed by atoms with Gasteiger partial charge in [0.15, 0.2) is 16.9 Å². The van der Waals surface area contributed by atoms with Crippen LogP contribution in [0.4, 0.5) is 0 Å². The van der Waals surface area contributed by atoms with Gasteiger partial charge < -0.3 is 14.5 Å². The minimum atomic E-state index is -0.919. The van der Waals surface area contributed by atoms with Gasteiger partial charge in [-0.1, -0.05) is 12.1 Å². The molecule has 7 heteroatoms. The summed E-state index contributed by atoms with van der Waals surface area (Å²) in [5, 5.41) is 3.45. The summed E-state index contributed by atoms with van der Waals surface area (Å²) in [6.07, 6.45) is -0.919. The van der Waals surface area contributed by atoms with Crippen LogP contribution in [0.1, 0.15) is 38.2 Å². The first-order valence-electron chi connectivity index (χ1n) is 8.22. The van der Waals surface area contributed by atoms with Gasteiger partial charge in [-0.2, -0.15) is 0 Å². The molecule has 6 nitrogen and oxygen atoms in total. The molecular weight excluding hydrogens is 352 g/mol. The van der Waals surface area contributed by atoms with Crippen molar-refractivity contribution in [1.29, 1.82) is 0 Å². The summed E-state index contributed by atoms with van der Waals surface area (Å²) in [6.45, 7) is 7.10. The molecule has 3 aromatic rings. The molecule has 1 atom stereocenters. The van der Waals surface area contributed by atoms with E-state index < -0.39 is 17.6 Å². The monoisotopic (exact) mass is 372 g/mol. The van der Waals surface area contributed by atoms with E-state index in [2.05, 4.69) is 10.3 Å². The van der Waals surface area contributed by atoms with E-state index in [-0.39, 0.29) is 11.7 Å². The Morgan fingerprint density at radius 1 is 1.19 bits per heavy atom. The fraction of sp³-hybridized carbons (Fsp3) is 0.316. The van der Waals surface area contributed by atoms with Crippen molar-refractivity contribution < 1.29 is 18.7 Å². The van der Waals surface area contributed by atoms with Crippen LogP contribution >= 0.6 is 11.3 Å². The van der Waals surface area contributed by atoms with Crippen LogP contribution in [-0.4, -0.2) is 28.5 Å². The number of furan rings is 1. The third-order valence-corrected chi connectivity index (χ3v) is 4.51. The summed E-state index contributed by atoms with van der Waals surface area (Å²) < 4.78 is 11.8. The van der Waals surface area contributed by atoms with Crippen LogP contribution in [0.3, 0.4) is 0 Å². The van der Waals surface area contributed by atoms with Crippen LogP contribution in [0.25, 0.3) is 21.0 Å². The average Bonchev–Trinajstić information content (AvgIpc) is 3.19. The third kappa shape index (κ3) is 4.11. The van der Waals surface area contributed by atoms with Gasteiger partial charge in [-0.15, -0.1) is 11.3 Å². The van der Waals surface area contributed by atoms with Crippen molar-refractivity contribution in [2.75, 3.05) is 0 Å². The summed E-state index contributed by atoms with van der Waals surface area (Å²) in [6, 6.07) is 11.0. The highest BCUT2D eigenvalue weighted by Gasteiger charge is 2.24. The number of rotatable bonds is 4. The van der Waals surface area contributed by atoms with E-state index in [0.29, 0.717) is 10.8 Å². The van der Waals surface area contributed by atoms with Crippen molar-refractivity contribution >= 4 is 33.4 Å². The first-order valence-corrected chi connectivity index (χ1v) is 9.03. The van der Waals surface area contributed by atoms with Gasteiger partial charge >= 0.3 is 5.97 Å². The Labute approximate surface area is 155 Å². The van der Waals surface area contributed by atoms with Crippen LogP contribution in [0.15, 0.2) is 40.8 Å². The molecule has 0 aliphatic rings. The fourth-order valence-corrected chi connectivity index (χ4v) is 3.21. The second-order valence-corrected chi connectivity index (χ2v) is 7.97. The summed E-state index contributed by atoms with van der Waals surface area (Å²) in [7, 11) is 0. The van der Waals surface area contributed by atoms with Crippen molar-refractivity contribution in [2.45, 2.75) is 39.3 Å². The van der Waals surface area contributed by atoms with E-state index in [9.17, 15) is 9.59 Å². The zero-order valence-corrected chi connectivity index (χ0v) is 15.8. The van der Waals surface area contributed by atoms with Crippen LogP contribution in [-0.2, 0) is 9.53 Å². The quantitative estimate of drug-likeness (QED) is 0.700. The Hall–Kier alpha value is -2.67. The van der Waals surface area contributed by atoms with Gasteiger partial charge in [0.05, 0.1) is 10.2 Å². The van der Waals surface area contributed by atoms with Gasteiger partial charge in [-0.3, -0.25) is 4.79 Å². The van der Waals surface area contributed by atoms with Crippen LogP contribution in [0.2, 0.25) is 0 Å². The largest absolute Gasteiger partial charge is 0.447 e. The number of carbonyl (C=O) groups excluding carboxylic acids is 2. The van der Waals surface area contributed by atoms with E-state index in [1.807, 2.05) is 45.0 Å². The summed E-state index contributed by atoms with van der Waals surface area (Å²) >= 11 is 1.48. The van der Waals surface area contributed by atoms with Gasteiger partial charge in [-0.25, -0.2) is 9.78 Å². The second kappa shape index (κ2) is 6.92. The lowest BCUT2D eigenvalue weighted by atomic mass is 10.1. The predicted octanol–water partition coefficient (Wildman–Crippen LogP) is 4.02. The zero-order valence-electron chi connectivity index (χ0n) is 15.0. The molecule has 0 saturated carbocycles. The molecule has 3 rings (SSSR count). The van der Waals surface area contributed by atoms with Crippen LogP contribution < -0.4 is 5.32 Å². The third-order valence-electron chi connectivity index (χ3n) is 3.46. The summed E-state index contributed by atoms with van der Waals surface area (Å²) in [5.74, 6) is -0.516. The first kappa shape index (κ1) is 18.1. The molecule has 0 fully saturated rings. The van der Waals surface area contributed by atoms with Crippen molar-refractivity contribution in [3.05, 3.63) is 42.2 Å². The molecule has 136 valence electrons. The maximum absolute atomic E-state index is 12.2. The first-order chi connectivity index (χ1) is 12.2. The van der Waals surface area contributed by atoms with Crippen molar-refractivity contribution in [3.8, 4) is 10.8 Å². The van der Waals surface area contributed by atoms with E-state index >= 15 is 0 Å². The Balaban J connectivity index is 1.71. The highest BCUT2D eigenvalue weighted by atomic mass is 32.1. The smallest absolute Gasteiger partial charge is 0.375 e. The molecular formula is C19H20N2O4S. The predicted molar refractivity (Wildman–Crippen MR) is 100 cm³/mol. The number of esters is 1. The molecule has 0 aliphatic heterocycles. The number of amides is 1. The number of ether oxygens (including phenoxy) is 1. The number of para-hydroxylation sites is 1. The molecule has 0 radical (unpaired) electrons. The van der Waals surface area contributed by atoms with E-state index in [1.54, 1.807) is 6.07 Å².